The van der Waals surface area contributed by atoms with Crippen molar-refractivity contribution < 1.29 is 4.74 Å². The van der Waals surface area contributed by atoms with E-state index in [0.717, 1.165) is 66.1 Å². The Balaban J connectivity index is 1.55. The number of ether oxygens (including phenoxy) is 1. The van der Waals surface area contributed by atoms with Crippen LogP contribution in [0.5, 0.6) is 5.75 Å². The fraction of sp³-hybridized carbons (Fsp3) is 0.357. The number of fused-ring (bicyclic) bond motifs is 3. The molecule has 0 unspecified atom stereocenters. The van der Waals surface area contributed by atoms with Crippen molar-refractivity contribution in [1.82, 2.24) is 9.97 Å². The van der Waals surface area contributed by atoms with E-state index >= 15 is 0 Å². The molecule has 0 amide bonds. The van der Waals surface area contributed by atoms with Gasteiger partial charge in [0.25, 0.3) is 0 Å². The average molecular weight is 428 g/mol. The molecule has 4 aromatic rings. The van der Waals surface area contributed by atoms with Crippen LogP contribution in [0, 0.1) is 6.92 Å². The number of anilines is 1. The van der Waals surface area contributed by atoms with Crippen molar-refractivity contribution in [2.45, 2.75) is 65.4 Å². The van der Waals surface area contributed by atoms with Gasteiger partial charge in [-0.15, -0.1) is 0 Å². The van der Waals surface area contributed by atoms with Gasteiger partial charge < -0.3 is 10.5 Å². The predicted molar refractivity (Wildman–Crippen MR) is 134 cm³/mol. The molecule has 4 rings (SSSR count). The van der Waals surface area contributed by atoms with E-state index in [2.05, 4.69) is 79.3 Å². The average Bonchev–Trinajstić information content (AvgIpc) is 2.79. The van der Waals surface area contributed by atoms with Crippen LogP contribution < -0.4 is 10.5 Å². The smallest absolute Gasteiger partial charge is 0.150 e. The van der Waals surface area contributed by atoms with Crippen molar-refractivity contribution in [2.24, 2.45) is 0 Å². The highest BCUT2D eigenvalue weighted by Crippen LogP contribution is 2.30. The molecule has 0 spiro atoms. The van der Waals surface area contributed by atoms with Crippen LogP contribution in [0.2, 0.25) is 0 Å². The third-order valence-electron chi connectivity index (χ3n) is 6.07. The van der Waals surface area contributed by atoms with Crippen LogP contribution in [0.25, 0.3) is 21.8 Å². The Morgan fingerprint density at radius 2 is 1.69 bits per heavy atom. The van der Waals surface area contributed by atoms with E-state index in [-0.39, 0.29) is 0 Å². The number of nitrogen functional groups attached to an aromatic ring is 1. The fourth-order valence-electron chi connectivity index (χ4n) is 4.45. The monoisotopic (exact) mass is 427 g/mol. The van der Waals surface area contributed by atoms with Crippen molar-refractivity contribution >= 4 is 27.6 Å². The second-order valence-corrected chi connectivity index (χ2v) is 8.67. The molecule has 0 atom stereocenters. The Morgan fingerprint density at radius 3 is 2.41 bits per heavy atom. The number of hydrogen-bond donors (Lipinski definition) is 1. The highest BCUT2D eigenvalue weighted by Gasteiger charge is 2.12. The van der Waals surface area contributed by atoms with Gasteiger partial charge in [-0.1, -0.05) is 51.0 Å². The molecule has 0 saturated heterocycles. The van der Waals surface area contributed by atoms with Crippen LogP contribution in [-0.4, -0.2) is 16.1 Å². The third-order valence-corrected chi connectivity index (χ3v) is 6.07. The van der Waals surface area contributed by atoms with Gasteiger partial charge in [-0.3, -0.25) is 4.98 Å². The first-order valence-electron chi connectivity index (χ1n) is 11.8. The van der Waals surface area contributed by atoms with Gasteiger partial charge in [0.05, 0.1) is 11.6 Å². The molecule has 2 N–H and O–H groups in total. The second kappa shape index (κ2) is 9.99. The molecule has 4 heteroatoms. The summed E-state index contributed by atoms with van der Waals surface area (Å²) < 4.78 is 6.21. The summed E-state index contributed by atoms with van der Waals surface area (Å²) in [6.07, 6.45) is 8.53. The van der Waals surface area contributed by atoms with Crippen molar-refractivity contribution in [3.63, 3.8) is 0 Å². The van der Waals surface area contributed by atoms with Crippen LogP contribution in [-0.2, 0) is 12.8 Å². The minimum absolute atomic E-state index is 0.315. The molecule has 0 radical (unpaired) electrons. The molecular formula is C28H33N3O. The molecule has 2 aromatic heterocycles. The van der Waals surface area contributed by atoms with E-state index in [1.807, 2.05) is 6.20 Å². The predicted octanol–water partition coefficient (Wildman–Crippen LogP) is 6.81. The summed E-state index contributed by atoms with van der Waals surface area (Å²) in [5.41, 5.74) is 11.7. The van der Waals surface area contributed by atoms with Crippen LogP contribution in [0.1, 0.15) is 56.2 Å². The molecule has 0 aliphatic carbocycles. The Labute approximate surface area is 190 Å². The lowest BCUT2D eigenvalue weighted by Crippen LogP contribution is -2.15. The van der Waals surface area contributed by atoms with Crippen LogP contribution in [0.4, 0.5) is 5.82 Å². The quantitative estimate of drug-likeness (QED) is 0.298. The summed E-state index contributed by atoms with van der Waals surface area (Å²) in [6.45, 7) is 6.50. The molecule has 4 nitrogen and oxygen atoms in total. The highest BCUT2D eigenvalue weighted by atomic mass is 16.5. The van der Waals surface area contributed by atoms with Gasteiger partial charge in [-0.05, 0) is 73.6 Å². The Kier molecular flexibility index (Phi) is 6.89. The van der Waals surface area contributed by atoms with Crippen LogP contribution in [0.15, 0.2) is 54.7 Å². The van der Waals surface area contributed by atoms with E-state index in [1.165, 1.54) is 16.7 Å². The summed E-state index contributed by atoms with van der Waals surface area (Å²) in [7, 11) is 0. The number of aromatic nitrogens is 2. The summed E-state index contributed by atoms with van der Waals surface area (Å²) in [5.74, 6) is 1.46. The maximum absolute atomic E-state index is 6.26. The lowest BCUT2D eigenvalue weighted by Gasteiger charge is -2.18. The lowest BCUT2D eigenvalue weighted by molar-refractivity contribution is 0.179. The van der Waals surface area contributed by atoms with Gasteiger partial charge in [0.2, 0.25) is 0 Å². The highest BCUT2D eigenvalue weighted by molar-refractivity contribution is 6.09. The van der Waals surface area contributed by atoms with Gasteiger partial charge >= 0.3 is 0 Å². The summed E-state index contributed by atoms with van der Waals surface area (Å²) in [4.78, 5) is 9.12. The summed E-state index contributed by atoms with van der Waals surface area (Å²) in [5, 5.41) is 2.24. The second-order valence-electron chi connectivity index (χ2n) is 8.67. The molecule has 0 bridgehead atoms. The molecule has 0 aliphatic rings. The van der Waals surface area contributed by atoms with E-state index in [4.69, 9.17) is 10.5 Å². The number of benzene rings is 2. The van der Waals surface area contributed by atoms with E-state index < -0.39 is 0 Å². The number of nitrogens with zero attached hydrogens (tertiary/aromatic N) is 2. The normalized spacial score (nSPS) is 11.5. The first-order valence-corrected chi connectivity index (χ1v) is 11.8. The molecular weight excluding hydrogens is 394 g/mol. The third kappa shape index (κ3) is 4.85. The summed E-state index contributed by atoms with van der Waals surface area (Å²) in [6, 6.07) is 17.1. The largest absolute Gasteiger partial charge is 0.490 e. The zero-order valence-electron chi connectivity index (χ0n) is 19.4. The standard InChI is InChI=1S/C28H33N3O/c1-4-6-22(7-5-2)32-23-13-10-20(11-14-23)9-12-21-16-17-30-27-26(21)24-15-8-19(3)18-25(24)31-28(27)29/h8,10-11,13-18,22H,4-7,9,12H2,1-3H3,(H2,29,31). The van der Waals surface area contributed by atoms with Crippen molar-refractivity contribution in [3.05, 3.63) is 71.4 Å². The zero-order valence-corrected chi connectivity index (χ0v) is 19.4. The van der Waals surface area contributed by atoms with E-state index in [1.54, 1.807) is 0 Å². The molecule has 0 aliphatic heterocycles. The fourth-order valence-corrected chi connectivity index (χ4v) is 4.45. The van der Waals surface area contributed by atoms with E-state index in [9.17, 15) is 0 Å². The van der Waals surface area contributed by atoms with E-state index in [0.29, 0.717) is 11.9 Å². The van der Waals surface area contributed by atoms with Gasteiger partial charge in [0.15, 0.2) is 5.82 Å². The minimum Gasteiger partial charge on any atom is -0.490 e. The van der Waals surface area contributed by atoms with Crippen LogP contribution >= 0.6 is 0 Å². The van der Waals surface area contributed by atoms with Gasteiger partial charge in [0.1, 0.15) is 11.3 Å². The van der Waals surface area contributed by atoms with Crippen molar-refractivity contribution in [1.29, 1.82) is 0 Å². The molecule has 0 fully saturated rings. The first kappa shape index (κ1) is 22.1. The molecule has 32 heavy (non-hydrogen) atoms. The summed E-state index contributed by atoms with van der Waals surface area (Å²) >= 11 is 0. The van der Waals surface area contributed by atoms with Gasteiger partial charge in [0, 0.05) is 17.0 Å². The SMILES string of the molecule is CCCC(CCC)Oc1ccc(CCc2ccnc3c(N)nc4cc(C)ccc4c23)cc1. The Bertz CT molecular complexity index is 1190. The minimum atomic E-state index is 0.315. The topological polar surface area (TPSA) is 61.0 Å². The maximum Gasteiger partial charge on any atom is 0.150 e. The Hall–Kier alpha value is -3.14. The lowest BCUT2D eigenvalue weighted by atomic mass is 9.98. The number of nitrogens with two attached hydrogens (primary N) is 1. The molecule has 2 aromatic carbocycles. The van der Waals surface area contributed by atoms with Crippen molar-refractivity contribution in [3.8, 4) is 5.75 Å². The van der Waals surface area contributed by atoms with Crippen LogP contribution in [0.3, 0.4) is 0 Å². The van der Waals surface area contributed by atoms with Gasteiger partial charge in [-0.2, -0.15) is 0 Å². The Morgan fingerprint density at radius 1 is 0.938 bits per heavy atom. The first-order chi connectivity index (χ1) is 15.6. The number of rotatable bonds is 9. The number of pyridine rings is 2. The molecule has 2 heterocycles. The molecule has 0 saturated carbocycles. The number of aryl methyl sites for hydroxylation is 3. The number of hydrogen-bond acceptors (Lipinski definition) is 4. The van der Waals surface area contributed by atoms with Gasteiger partial charge in [-0.25, -0.2) is 4.98 Å². The van der Waals surface area contributed by atoms with Crippen molar-refractivity contribution in [2.75, 3.05) is 5.73 Å². The zero-order chi connectivity index (χ0) is 22.5. The molecule has 166 valence electrons. The maximum atomic E-state index is 6.26.